The molecule has 0 spiro atoms. The molecule has 5 nitrogen and oxygen atoms in total. The second kappa shape index (κ2) is 8.85. The van der Waals surface area contributed by atoms with Gasteiger partial charge in [0.25, 0.3) is 5.91 Å². The summed E-state index contributed by atoms with van der Waals surface area (Å²) in [5.74, 6) is 1.57. The van der Waals surface area contributed by atoms with Crippen molar-refractivity contribution in [2.24, 2.45) is 0 Å². The van der Waals surface area contributed by atoms with Gasteiger partial charge in [-0.15, -0.1) is 0 Å². The fourth-order valence-corrected chi connectivity index (χ4v) is 2.75. The minimum absolute atomic E-state index is 0.226. The Morgan fingerprint density at radius 3 is 2.59 bits per heavy atom. The SMILES string of the molecule is CCCc1cccc(Oc2ccc(CNC(=O)c3cccnc3N)cc2)c1. The lowest BCUT2D eigenvalue weighted by Crippen LogP contribution is -2.24. The van der Waals surface area contributed by atoms with Gasteiger partial charge in [0, 0.05) is 12.7 Å². The van der Waals surface area contributed by atoms with E-state index < -0.39 is 0 Å². The van der Waals surface area contributed by atoms with E-state index in [1.54, 1.807) is 18.3 Å². The molecule has 3 aromatic rings. The molecule has 0 bridgehead atoms. The van der Waals surface area contributed by atoms with Crippen LogP contribution in [0.3, 0.4) is 0 Å². The van der Waals surface area contributed by atoms with Crippen LogP contribution in [0.1, 0.15) is 34.8 Å². The first-order valence-corrected chi connectivity index (χ1v) is 9.00. The third kappa shape index (κ3) is 5.07. The fraction of sp³-hybridized carbons (Fsp3) is 0.182. The maximum absolute atomic E-state index is 12.2. The lowest BCUT2D eigenvalue weighted by molar-refractivity contribution is 0.0951. The normalized spacial score (nSPS) is 10.4. The summed E-state index contributed by atoms with van der Waals surface area (Å²) >= 11 is 0. The number of ether oxygens (including phenoxy) is 1. The zero-order chi connectivity index (χ0) is 19.1. The Kier molecular flexibility index (Phi) is 6.05. The Hall–Kier alpha value is -3.34. The van der Waals surface area contributed by atoms with Crippen LogP contribution >= 0.6 is 0 Å². The van der Waals surface area contributed by atoms with E-state index in [1.807, 2.05) is 36.4 Å². The molecule has 0 saturated carbocycles. The van der Waals surface area contributed by atoms with Crippen LogP contribution in [0.2, 0.25) is 0 Å². The maximum Gasteiger partial charge on any atom is 0.255 e. The number of rotatable bonds is 7. The Morgan fingerprint density at radius 2 is 1.85 bits per heavy atom. The highest BCUT2D eigenvalue weighted by Gasteiger charge is 2.09. The van der Waals surface area contributed by atoms with Crippen LogP contribution < -0.4 is 15.8 Å². The molecule has 0 aliphatic heterocycles. The van der Waals surface area contributed by atoms with Crippen molar-refractivity contribution in [1.29, 1.82) is 0 Å². The summed E-state index contributed by atoms with van der Waals surface area (Å²) < 4.78 is 5.92. The van der Waals surface area contributed by atoms with Crippen LogP contribution in [0, 0.1) is 0 Å². The number of nitrogen functional groups attached to an aromatic ring is 1. The molecule has 0 radical (unpaired) electrons. The van der Waals surface area contributed by atoms with E-state index in [0.29, 0.717) is 12.1 Å². The van der Waals surface area contributed by atoms with Crippen molar-refractivity contribution in [2.45, 2.75) is 26.3 Å². The lowest BCUT2D eigenvalue weighted by atomic mass is 10.1. The minimum atomic E-state index is -0.242. The number of pyridine rings is 1. The summed E-state index contributed by atoms with van der Waals surface area (Å²) in [4.78, 5) is 16.1. The molecule has 3 N–H and O–H groups in total. The number of anilines is 1. The van der Waals surface area contributed by atoms with Crippen molar-refractivity contribution >= 4 is 11.7 Å². The molecule has 27 heavy (non-hydrogen) atoms. The predicted octanol–water partition coefficient (Wildman–Crippen LogP) is 4.34. The Morgan fingerprint density at radius 1 is 1.04 bits per heavy atom. The van der Waals surface area contributed by atoms with Crippen LogP contribution in [0.4, 0.5) is 5.82 Å². The number of hydrogen-bond acceptors (Lipinski definition) is 4. The van der Waals surface area contributed by atoms with Gasteiger partial charge in [-0.1, -0.05) is 37.6 Å². The van der Waals surface area contributed by atoms with Crippen LogP contribution in [0.15, 0.2) is 66.9 Å². The number of nitrogens with two attached hydrogens (primary N) is 1. The molecule has 0 fully saturated rings. The fourth-order valence-electron chi connectivity index (χ4n) is 2.75. The molecular formula is C22H23N3O2. The number of amides is 1. The highest BCUT2D eigenvalue weighted by molar-refractivity contribution is 5.98. The average Bonchev–Trinajstić information content (AvgIpc) is 2.68. The second-order valence-electron chi connectivity index (χ2n) is 6.26. The molecule has 1 amide bonds. The molecule has 5 heteroatoms. The van der Waals surface area contributed by atoms with Crippen LogP contribution in [0.5, 0.6) is 11.5 Å². The zero-order valence-corrected chi connectivity index (χ0v) is 15.3. The van der Waals surface area contributed by atoms with Gasteiger partial charge in [-0.05, 0) is 53.9 Å². The molecule has 3 rings (SSSR count). The molecule has 138 valence electrons. The third-order valence-electron chi connectivity index (χ3n) is 4.13. The Bertz CT molecular complexity index is 907. The molecule has 0 aliphatic carbocycles. The van der Waals surface area contributed by atoms with Crippen molar-refractivity contribution in [2.75, 3.05) is 5.73 Å². The summed E-state index contributed by atoms with van der Waals surface area (Å²) in [5, 5.41) is 2.85. The molecule has 0 unspecified atom stereocenters. The standard InChI is InChI=1S/C22H23N3O2/c1-2-5-16-6-3-7-19(14-16)27-18-11-9-17(10-12-18)15-25-22(26)20-8-4-13-24-21(20)23/h3-4,6-14H,2,5,15H2,1H3,(H2,23,24)(H,25,26). The molecular weight excluding hydrogens is 338 g/mol. The number of aryl methyl sites for hydroxylation is 1. The molecule has 0 aliphatic rings. The van der Waals surface area contributed by atoms with Gasteiger partial charge in [-0.25, -0.2) is 4.98 Å². The van der Waals surface area contributed by atoms with Gasteiger partial charge in [0.2, 0.25) is 0 Å². The zero-order valence-electron chi connectivity index (χ0n) is 15.3. The van der Waals surface area contributed by atoms with E-state index >= 15 is 0 Å². The van der Waals surface area contributed by atoms with Crippen molar-refractivity contribution in [3.05, 3.63) is 83.6 Å². The van der Waals surface area contributed by atoms with E-state index in [9.17, 15) is 4.79 Å². The van der Waals surface area contributed by atoms with E-state index in [1.165, 1.54) is 5.56 Å². The maximum atomic E-state index is 12.2. The molecule has 1 aromatic heterocycles. The molecule has 2 aromatic carbocycles. The first-order chi connectivity index (χ1) is 13.2. The summed E-state index contributed by atoms with van der Waals surface area (Å²) in [5.41, 5.74) is 8.34. The Balaban J connectivity index is 1.58. The average molecular weight is 361 g/mol. The highest BCUT2D eigenvalue weighted by Crippen LogP contribution is 2.23. The Labute approximate surface area is 159 Å². The van der Waals surface area contributed by atoms with Gasteiger partial charge in [0.1, 0.15) is 17.3 Å². The van der Waals surface area contributed by atoms with Crippen molar-refractivity contribution in [3.8, 4) is 11.5 Å². The van der Waals surface area contributed by atoms with Gasteiger partial charge in [-0.3, -0.25) is 4.79 Å². The van der Waals surface area contributed by atoms with E-state index in [2.05, 4.69) is 29.4 Å². The van der Waals surface area contributed by atoms with Crippen molar-refractivity contribution in [3.63, 3.8) is 0 Å². The summed E-state index contributed by atoms with van der Waals surface area (Å²) in [7, 11) is 0. The lowest BCUT2D eigenvalue weighted by Gasteiger charge is -2.09. The second-order valence-corrected chi connectivity index (χ2v) is 6.26. The summed E-state index contributed by atoms with van der Waals surface area (Å²) in [6.45, 7) is 2.56. The number of carbonyl (C=O) groups excluding carboxylic acids is 1. The first kappa shape index (κ1) is 18.5. The number of hydrogen-bond donors (Lipinski definition) is 2. The van der Waals surface area contributed by atoms with Gasteiger partial charge in [0.15, 0.2) is 0 Å². The predicted molar refractivity (Wildman–Crippen MR) is 107 cm³/mol. The summed E-state index contributed by atoms with van der Waals surface area (Å²) in [6.07, 6.45) is 3.70. The monoisotopic (exact) mass is 361 g/mol. The number of benzene rings is 2. The largest absolute Gasteiger partial charge is 0.457 e. The number of carbonyl (C=O) groups is 1. The smallest absolute Gasteiger partial charge is 0.255 e. The van der Waals surface area contributed by atoms with Crippen LogP contribution in [0.25, 0.3) is 0 Å². The molecule has 0 atom stereocenters. The van der Waals surface area contributed by atoms with E-state index in [4.69, 9.17) is 10.5 Å². The molecule has 1 heterocycles. The topological polar surface area (TPSA) is 77.2 Å². The van der Waals surface area contributed by atoms with Gasteiger partial charge in [-0.2, -0.15) is 0 Å². The number of aromatic nitrogens is 1. The van der Waals surface area contributed by atoms with Crippen molar-refractivity contribution < 1.29 is 9.53 Å². The van der Waals surface area contributed by atoms with Crippen molar-refractivity contribution in [1.82, 2.24) is 10.3 Å². The number of nitrogens with one attached hydrogen (secondary N) is 1. The van der Waals surface area contributed by atoms with E-state index in [-0.39, 0.29) is 11.7 Å². The van der Waals surface area contributed by atoms with Crippen LogP contribution in [-0.2, 0) is 13.0 Å². The summed E-state index contributed by atoms with van der Waals surface area (Å²) in [6, 6.07) is 19.1. The van der Waals surface area contributed by atoms with E-state index in [0.717, 1.165) is 29.9 Å². The first-order valence-electron chi connectivity index (χ1n) is 9.00. The van der Waals surface area contributed by atoms with Gasteiger partial charge >= 0.3 is 0 Å². The van der Waals surface area contributed by atoms with Gasteiger partial charge in [0.05, 0.1) is 5.56 Å². The number of nitrogens with zero attached hydrogens (tertiary/aromatic N) is 1. The van der Waals surface area contributed by atoms with Crippen LogP contribution in [-0.4, -0.2) is 10.9 Å². The molecule has 0 saturated heterocycles. The highest BCUT2D eigenvalue weighted by atomic mass is 16.5. The minimum Gasteiger partial charge on any atom is -0.457 e. The third-order valence-corrected chi connectivity index (χ3v) is 4.13. The quantitative estimate of drug-likeness (QED) is 0.656. The van der Waals surface area contributed by atoms with Gasteiger partial charge < -0.3 is 15.8 Å².